The van der Waals surface area contributed by atoms with Crippen LogP contribution in [0, 0.1) is 0 Å². The molecule has 1 saturated heterocycles. The molecule has 4 rings (SSSR count). The van der Waals surface area contributed by atoms with Crippen LogP contribution < -0.4 is 9.64 Å². The molecule has 3 aromatic rings. The largest absolute Gasteiger partial charge is 0.481 e. The highest BCUT2D eigenvalue weighted by Gasteiger charge is 2.27. The molecule has 1 unspecified atom stereocenters. The van der Waals surface area contributed by atoms with Gasteiger partial charge >= 0.3 is 0 Å². The van der Waals surface area contributed by atoms with Crippen molar-refractivity contribution in [3.05, 3.63) is 60.3 Å². The van der Waals surface area contributed by atoms with Crippen molar-refractivity contribution in [3.8, 4) is 5.75 Å². The first kappa shape index (κ1) is 20.1. The van der Waals surface area contributed by atoms with Gasteiger partial charge in [0.2, 0.25) is 0 Å². The highest BCUT2D eigenvalue weighted by atomic mass is 16.5. The Kier molecular flexibility index (Phi) is 5.84. The third-order valence-corrected chi connectivity index (χ3v) is 5.54. The Morgan fingerprint density at radius 1 is 0.933 bits per heavy atom. The van der Waals surface area contributed by atoms with E-state index in [0.717, 1.165) is 41.3 Å². The molecule has 0 spiro atoms. The van der Waals surface area contributed by atoms with Crippen molar-refractivity contribution < 1.29 is 9.53 Å². The molecule has 0 radical (unpaired) electrons. The maximum absolute atomic E-state index is 13.0. The minimum absolute atomic E-state index is 0.0257. The zero-order valence-corrected chi connectivity index (χ0v) is 17.8. The van der Waals surface area contributed by atoms with Gasteiger partial charge in [-0.1, -0.05) is 44.2 Å². The summed E-state index contributed by atoms with van der Waals surface area (Å²) < 4.78 is 6.05. The lowest BCUT2D eigenvalue weighted by atomic mass is 10.0. The van der Waals surface area contributed by atoms with Crippen molar-refractivity contribution in [1.82, 2.24) is 14.9 Å². The van der Waals surface area contributed by atoms with Gasteiger partial charge in [0.15, 0.2) is 6.10 Å². The Morgan fingerprint density at radius 2 is 1.60 bits per heavy atom. The summed E-state index contributed by atoms with van der Waals surface area (Å²) in [6, 6.07) is 15.8. The van der Waals surface area contributed by atoms with Crippen LogP contribution in [0.1, 0.15) is 32.3 Å². The predicted octanol–water partition coefficient (Wildman–Crippen LogP) is 3.87. The Hall–Kier alpha value is -3.15. The monoisotopic (exact) mass is 404 g/mol. The quantitative estimate of drug-likeness (QED) is 0.646. The van der Waals surface area contributed by atoms with Crippen LogP contribution >= 0.6 is 0 Å². The second-order valence-corrected chi connectivity index (χ2v) is 7.98. The number of carbonyl (C=O) groups excluding carboxylic acids is 1. The van der Waals surface area contributed by atoms with Gasteiger partial charge in [0.1, 0.15) is 11.6 Å². The Morgan fingerprint density at radius 3 is 2.33 bits per heavy atom. The number of amides is 1. The average Bonchev–Trinajstić information content (AvgIpc) is 2.78. The molecular formula is C24H28N4O2. The normalized spacial score (nSPS) is 15.5. The molecule has 1 amide bonds. The molecule has 1 aromatic heterocycles. The number of hydrogen-bond acceptors (Lipinski definition) is 5. The van der Waals surface area contributed by atoms with Crippen LogP contribution in [0.2, 0.25) is 0 Å². The smallest absolute Gasteiger partial charge is 0.263 e. The molecular weight excluding hydrogens is 376 g/mol. The lowest BCUT2D eigenvalue weighted by molar-refractivity contribution is -0.138. The molecule has 1 fully saturated rings. The second kappa shape index (κ2) is 8.69. The van der Waals surface area contributed by atoms with Gasteiger partial charge in [0.25, 0.3) is 5.91 Å². The number of rotatable bonds is 5. The number of nitrogens with zero attached hydrogens (tertiary/aromatic N) is 4. The van der Waals surface area contributed by atoms with Crippen molar-refractivity contribution >= 4 is 22.8 Å². The van der Waals surface area contributed by atoms with Crippen LogP contribution in [0.5, 0.6) is 5.75 Å². The van der Waals surface area contributed by atoms with Gasteiger partial charge in [0.05, 0.1) is 17.2 Å². The van der Waals surface area contributed by atoms with Gasteiger partial charge in [-0.2, -0.15) is 0 Å². The summed E-state index contributed by atoms with van der Waals surface area (Å²) in [5.74, 6) is 2.02. The third-order valence-electron chi connectivity index (χ3n) is 5.54. The number of hydrogen-bond donors (Lipinski definition) is 0. The highest BCUT2D eigenvalue weighted by Crippen LogP contribution is 2.27. The number of para-hydroxylation sites is 3. The Bertz CT molecular complexity index is 1030. The van der Waals surface area contributed by atoms with Crippen molar-refractivity contribution in [3.63, 3.8) is 0 Å². The molecule has 2 aromatic carbocycles. The first-order valence-electron chi connectivity index (χ1n) is 10.5. The SMILES string of the molecule is CC(Oc1ccccc1C(C)C)C(=O)N1CCN(c2cnc3ccccc3n2)CC1. The van der Waals surface area contributed by atoms with Gasteiger partial charge in [-0.15, -0.1) is 0 Å². The molecule has 0 aliphatic carbocycles. The average molecular weight is 405 g/mol. The fourth-order valence-electron chi connectivity index (χ4n) is 3.82. The standard InChI is InChI=1S/C24H28N4O2/c1-17(2)19-8-4-7-11-22(19)30-18(3)24(29)28-14-12-27(13-15-28)23-16-25-20-9-5-6-10-21(20)26-23/h4-11,16-18H,12-15H2,1-3H3. The van der Waals surface area contributed by atoms with E-state index in [1.807, 2.05) is 60.5 Å². The molecule has 0 bridgehead atoms. The Balaban J connectivity index is 1.38. The minimum Gasteiger partial charge on any atom is -0.481 e. The maximum atomic E-state index is 13.0. The summed E-state index contributed by atoms with van der Waals surface area (Å²) in [6.45, 7) is 8.84. The van der Waals surface area contributed by atoms with Crippen LogP contribution in [-0.4, -0.2) is 53.1 Å². The summed E-state index contributed by atoms with van der Waals surface area (Å²) in [5, 5.41) is 0. The van der Waals surface area contributed by atoms with E-state index in [2.05, 4.69) is 29.8 Å². The van der Waals surface area contributed by atoms with Crippen LogP contribution in [0.25, 0.3) is 11.0 Å². The van der Waals surface area contributed by atoms with E-state index in [1.54, 1.807) is 0 Å². The summed E-state index contributed by atoms with van der Waals surface area (Å²) >= 11 is 0. The van der Waals surface area contributed by atoms with E-state index < -0.39 is 6.10 Å². The van der Waals surface area contributed by atoms with E-state index in [-0.39, 0.29) is 5.91 Å². The van der Waals surface area contributed by atoms with Crippen molar-refractivity contribution in [2.75, 3.05) is 31.1 Å². The van der Waals surface area contributed by atoms with Crippen LogP contribution in [0.4, 0.5) is 5.82 Å². The molecule has 1 aliphatic rings. The topological polar surface area (TPSA) is 58.6 Å². The fraction of sp³-hybridized carbons (Fsp3) is 0.375. The molecule has 0 N–H and O–H groups in total. The zero-order chi connectivity index (χ0) is 21.1. The first-order valence-corrected chi connectivity index (χ1v) is 10.5. The summed E-state index contributed by atoms with van der Waals surface area (Å²) in [5.41, 5.74) is 2.90. The number of aromatic nitrogens is 2. The van der Waals surface area contributed by atoms with E-state index >= 15 is 0 Å². The predicted molar refractivity (Wildman–Crippen MR) is 119 cm³/mol. The van der Waals surface area contributed by atoms with Gasteiger partial charge in [-0.25, -0.2) is 4.98 Å². The first-order chi connectivity index (χ1) is 14.5. The molecule has 6 nitrogen and oxygen atoms in total. The number of carbonyl (C=O) groups is 1. The molecule has 30 heavy (non-hydrogen) atoms. The van der Waals surface area contributed by atoms with Crippen molar-refractivity contribution in [2.24, 2.45) is 0 Å². The Labute approximate surface area is 177 Å². The third kappa shape index (κ3) is 4.22. The van der Waals surface area contributed by atoms with Crippen LogP contribution in [0.3, 0.4) is 0 Å². The molecule has 2 heterocycles. The number of piperazine rings is 1. The van der Waals surface area contributed by atoms with Gasteiger partial charge in [0, 0.05) is 26.2 Å². The minimum atomic E-state index is -0.517. The lowest BCUT2D eigenvalue weighted by Crippen LogP contribution is -2.52. The van der Waals surface area contributed by atoms with Gasteiger partial charge in [-0.3, -0.25) is 9.78 Å². The van der Waals surface area contributed by atoms with Gasteiger partial charge < -0.3 is 14.5 Å². The van der Waals surface area contributed by atoms with Crippen molar-refractivity contribution in [1.29, 1.82) is 0 Å². The molecule has 1 aliphatic heterocycles. The zero-order valence-electron chi connectivity index (χ0n) is 17.8. The maximum Gasteiger partial charge on any atom is 0.263 e. The lowest BCUT2D eigenvalue weighted by Gasteiger charge is -2.36. The van der Waals surface area contributed by atoms with E-state index in [1.165, 1.54) is 0 Å². The number of fused-ring (bicyclic) bond motifs is 1. The summed E-state index contributed by atoms with van der Waals surface area (Å²) in [6.07, 6.45) is 1.30. The van der Waals surface area contributed by atoms with Gasteiger partial charge in [-0.05, 0) is 36.6 Å². The highest BCUT2D eigenvalue weighted by molar-refractivity contribution is 5.81. The molecule has 6 heteroatoms. The number of ether oxygens (including phenoxy) is 1. The summed E-state index contributed by atoms with van der Waals surface area (Å²) in [4.78, 5) is 26.2. The van der Waals surface area contributed by atoms with E-state index in [9.17, 15) is 4.79 Å². The molecule has 1 atom stereocenters. The summed E-state index contributed by atoms with van der Waals surface area (Å²) in [7, 11) is 0. The molecule has 156 valence electrons. The van der Waals surface area contributed by atoms with E-state index in [4.69, 9.17) is 9.72 Å². The number of benzene rings is 2. The number of anilines is 1. The van der Waals surface area contributed by atoms with Crippen LogP contribution in [0.15, 0.2) is 54.7 Å². The van der Waals surface area contributed by atoms with Crippen LogP contribution in [-0.2, 0) is 4.79 Å². The second-order valence-electron chi connectivity index (χ2n) is 7.98. The molecule has 0 saturated carbocycles. The van der Waals surface area contributed by atoms with E-state index in [0.29, 0.717) is 19.0 Å². The fourth-order valence-corrected chi connectivity index (χ4v) is 3.82. The van der Waals surface area contributed by atoms with Crippen molar-refractivity contribution in [2.45, 2.75) is 32.8 Å².